The van der Waals surface area contributed by atoms with Gasteiger partial charge in [-0.1, -0.05) is 49.9 Å². The quantitative estimate of drug-likeness (QED) is 0.804. The molecule has 2 saturated carbocycles. The van der Waals surface area contributed by atoms with Crippen LogP contribution in [0.2, 0.25) is 0 Å². The van der Waals surface area contributed by atoms with Crippen LogP contribution in [0.15, 0.2) is 24.3 Å². The molecule has 0 bridgehead atoms. The summed E-state index contributed by atoms with van der Waals surface area (Å²) in [5.74, 6) is 1.67. The maximum absolute atomic E-state index is 6.59. The van der Waals surface area contributed by atoms with Crippen molar-refractivity contribution in [2.24, 2.45) is 17.6 Å². The minimum absolute atomic E-state index is 0.0142. The second kappa shape index (κ2) is 3.59. The maximum Gasteiger partial charge on any atom is 0.0447 e. The van der Waals surface area contributed by atoms with Crippen LogP contribution in [0.4, 0.5) is 0 Å². The third-order valence-electron chi connectivity index (χ3n) is 4.67. The van der Waals surface area contributed by atoms with Gasteiger partial charge in [-0.3, -0.25) is 0 Å². The van der Waals surface area contributed by atoms with Gasteiger partial charge in [0.1, 0.15) is 0 Å². The van der Waals surface area contributed by atoms with Gasteiger partial charge in [0.2, 0.25) is 0 Å². The highest BCUT2D eigenvalue weighted by Gasteiger charge is 2.56. The fourth-order valence-electron chi connectivity index (χ4n) is 3.66. The van der Waals surface area contributed by atoms with Crippen LogP contribution in [0.1, 0.15) is 43.2 Å². The van der Waals surface area contributed by atoms with Crippen LogP contribution in [0, 0.1) is 18.8 Å². The predicted molar refractivity (Wildman–Crippen MR) is 67.1 cm³/mol. The normalized spacial score (nSPS) is 34.2. The van der Waals surface area contributed by atoms with E-state index >= 15 is 0 Å². The van der Waals surface area contributed by atoms with Crippen LogP contribution in [0.3, 0.4) is 0 Å². The average molecular weight is 215 g/mol. The first-order chi connectivity index (χ1) is 7.72. The molecule has 86 valence electrons. The molecule has 2 aliphatic carbocycles. The van der Waals surface area contributed by atoms with Crippen molar-refractivity contribution in [2.75, 3.05) is 0 Å². The largest absolute Gasteiger partial charge is 0.321 e. The van der Waals surface area contributed by atoms with E-state index in [1.54, 1.807) is 0 Å². The first-order valence-corrected chi connectivity index (χ1v) is 6.57. The number of benzene rings is 1. The molecule has 3 rings (SSSR count). The number of nitrogens with two attached hydrogens (primary N) is 1. The van der Waals surface area contributed by atoms with Gasteiger partial charge in [0.15, 0.2) is 0 Å². The molecule has 0 spiro atoms. The Morgan fingerprint density at radius 3 is 2.56 bits per heavy atom. The third kappa shape index (κ3) is 1.49. The minimum Gasteiger partial charge on any atom is -0.321 e. The minimum atomic E-state index is 0.0142. The standard InChI is InChI=1S/C15H21N/c1-11-6-2-5-9-13(11)15(16)10-14(15)12-7-3-4-8-12/h2,5-6,9,12,14H,3-4,7-8,10,16H2,1H3. The lowest BCUT2D eigenvalue weighted by Gasteiger charge is -2.18. The summed E-state index contributed by atoms with van der Waals surface area (Å²) in [6.07, 6.45) is 6.88. The molecule has 0 aromatic heterocycles. The molecule has 0 radical (unpaired) electrons. The highest BCUT2D eigenvalue weighted by Crippen LogP contribution is 2.57. The zero-order chi connectivity index (χ0) is 11.2. The molecule has 1 nitrogen and oxygen atoms in total. The van der Waals surface area contributed by atoms with Crippen LogP contribution < -0.4 is 5.73 Å². The summed E-state index contributed by atoms with van der Waals surface area (Å²) in [5.41, 5.74) is 9.37. The van der Waals surface area contributed by atoms with Gasteiger partial charge in [-0.25, -0.2) is 0 Å². The van der Waals surface area contributed by atoms with Crippen molar-refractivity contribution in [2.45, 2.75) is 44.6 Å². The average Bonchev–Trinajstić information content (AvgIpc) is 2.77. The summed E-state index contributed by atoms with van der Waals surface area (Å²) in [5, 5.41) is 0. The van der Waals surface area contributed by atoms with Crippen molar-refractivity contribution in [1.82, 2.24) is 0 Å². The van der Waals surface area contributed by atoms with Crippen molar-refractivity contribution in [1.29, 1.82) is 0 Å². The van der Waals surface area contributed by atoms with Crippen LogP contribution in [0.25, 0.3) is 0 Å². The summed E-state index contributed by atoms with van der Waals surface area (Å²) in [4.78, 5) is 0. The number of rotatable bonds is 2. The van der Waals surface area contributed by atoms with Gasteiger partial charge in [0.25, 0.3) is 0 Å². The molecule has 1 heteroatoms. The van der Waals surface area contributed by atoms with Gasteiger partial charge >= 0.3 is 0 Å². The van der Waals surface area contributed by atoms with Gasteiger partial charge in [-0.15, -0.1) is 0 Å². The van der Waals surface area contributed by atoms with E-state index in [0.717, 1.165) is 11.8 Å². The van der Waals surface area contributed by atoms with Crippen molar-refractivity contribution in [3.63, 3.8) is 0 Å². The molecule has 2 N–H and O–H groups in total. The first-order valence-electron chi connectivity index (χ1n) is 6.57. The van der Waals surface area contributed by atoms with Gasteiger partial charge in [-0.2, -0.15) is 0 Å². The molecule has 1 aromatic rings. The molecule has 1 aromatic carbocycles. The van der Waals surface area contributed by atoms with E-state index in [9.17, 15) is 0 Å². The molecular formula is C15H21N. The van der Waals surface area contributed by atoms with E-state index in [4.69, 9.17) is 5.73 Å². The van der Waals surface area contributed by atoms with Gasteiger partial charge < -0.3 is 5.73 Å². The van der Waals surface area contributed by atoms with Crippen molar-refractivity contribution < 1.29 is 0 Å². The van der Waals surface area contributed by atoms with E-state index in [2.05, 4.69) is 31.2 Å². The Morgan fingerprint density at radius 2 is 1.88 bits per heavy atom. The zero-order valence-electron chi connectivity index (χ0n) is 10.1. The fourth-order valence-corrected chi connectivity index (χ4v) is 3.66. The Morgan fingerprint density at radius 1 is 1.19 bits per heavy atom. The molecule has 0 heterocycles. The molecule has 2 fully saturated rings. The van der Waals surface area contributed by atoms with Crippen LogP contribution >= 0.6 is 0 Å². The molecular weight excluding hydrogens is 194 g/mol. The monoisotopic (exact) mass is 215 g/mol. The smallest absolute Gasteiger partial charge is 0.0447 e. The number of hydrogen-bond donors (Lipinski definition) is 1. The first kappa shape index (κ1) is 10.3. The highest BCUT2D eigenvalue weighted by molar-refractivity contribution is 5.38. The van der Waals surface area contributed by atoms with Gasteiger partial charge in [-0.05, 0) is 36.3 Å². The summed E-state index contributed by atoms with van der Waals surface area (Å²) < 4.78 is 0. The predicted octanol–water partition coefficient (Wildman–Crippen LogP) is 3.36. The lowest BCUT2D eigenvalue weighted by molar-refractivity contribution is 0.428. The topological polar surface area (TPSA) is 26.0 Å². The van der Waals surface area contributed by atoms with E-state index in [1.165, 1.54) is 43.2 Å². The molecule has 16 heavy (non-hydrogen) atoms. The Labute approximate surface area is 98.0 Å². The molecule has 2 atom stereocenters. The Balaban J connectivity index is 1.83. The fraction of sp³-hybridized carbons (Fsp3) is 0.600. The van der Waals surface area contributed by atoms with E-state index in [-0.39, 0.29) is 5.54 Å². The zero-order valence-corrected chi connectivity index (χ0v) is 10.1. The van der Waals surface area contributed by atoms with E-state index in [1.807, 2.05) is 0 Å². The molecule has 2 aliphatic rings. The Bertz CT molecular complexity index is 392. The number of aryl methyl sites for hydroxylation is 1. The summed E-state index contributed by atoms with van der Waals surface area (Å²) in [7, 11) is 0. The Kier molecular flexibility index (Phi) is 2.32. The van der Waals surface area contributed by atoms with Crippen LogP contribution in [-0.2, 0) is 5.54 Å². The molecule has 0 aliphatic heterocycles. The van der Waals surface area contributed by atoms with Gasteiger partial charge in [0, 0.05) is 5.54 Å². The Hall–Kier alpha value is -0.820. The second-order valence-electron chi connectivity index (χ2n) is 5.71. The summed E-state index contributed by atoms with van der Waals surface area (Å²) >= 11 is 0. The SMILES string of the molecule is Cc1ccccc1C1(N)CC1C1CCCC1. The van der Waals surface area contributed by atoms with E-state index < -0.39 is 0 Å². The second-order valence-corrected chi connectivity index (χ2v) is 5.71. The molecule has 0 saturated heterocycles. The maximum atomic E-state index is 6.59. The van der Waals surface area contributed by atoms with E-state index in [0.29, 0.717) is 0 Å². The van der Waals surface area contributed by atoms with Crippen molar-refractivity contribution >= 4 is 0 Å². The lowest BCUT2D eigenvalue weighted by atomic mass is 9.92. The third-order valence-corrected chi connectivity index (χ3v) is 4.67. The van der Waals surface area contributed by atoms with Gasteiger partial charge in [0.05, 0.1) is 0 Å². The highest BCUT2D eigenvalue weighted by atomic mass is 14.9. The van der Waals surface area contributed by atoms with Crippen LogP contribution in [-0.4, -0.2) is 0 Å². The summed E-state index contributed by atoms with van der Waals surface area (Å²) in [6, 6.07) is 8.65. The van der Waals surface area contributed by atoms with Crippen molar-refractivity contribution in [3.8, 4) is 0 Å². The number of hydrogen-bond acceptors (Lipinski definition) is 1. The van der Waals surface area contributed by atoms with Crippen LogP contribution in [0.5, 0.6) is 0 Å². The summed E-state index contributed by atoms with van der Waals surface area (Å²) in [6.45, 7) is 2.19. The lowest BCUT2D eigenvalue weighted by Crippen LogP contribution is -2.25. The molecule has 0 amide bonds. The van der Waals surface area contributed by atoms with Crippen molar-refractivity contribution in [3.05, 3.63) is 35.4 Å². The molecule has 2 unspecified atom stereocenters.